The molecule has 0 radical (unpaired) electrons. The number of rotatable bonds is 1. The van der Waals surface area contributed by atoms with Crippen LogP contribution < -0.4 is 0 Å². The molecule has 8 unspecified atom stereocenters. The maximum Gasteiger partial charge on any atom is 0.309 e. The minimum absolute atomic E-state index is 0.0274. The first kappa shape index (κ1) is 16.6. The van der Waals surface area contributed by atoms with Gasteiger partial charge in [0.1, 0.15) is 0 Å². The Morgan fingerprint density at radius 3 is 2.62 bits per heavy atom. The molecule has 4 aliphatic carbocycles. The van der Waals surface area contributed by atoms with Gasteiger partial charge in [-0.2, -0.15) is 0 Å². The summed E-state index contributed by atoms with van der Waals surface area (Å²) in [7, 11) is 0. The van der Waals surface area contributed by atoms with E-state index in [4.69, 9.17) is 0 Å². The average molecular weight is 332 g/mol. The normalized spacial score (nSPS) is 56.5. The van der Waals surface area contributed by atoms with Gasteiger partial charge in [0.05, 0.1) is 11.5 Å². The zero-order valence-electron chi connectivity index (χ0n) is 15.3. The Morgan fingerprint density at radius 2 is 1.96 bits per heavy atom. The molecule has 4 rings (SSSR count). The maximum atomic E-state index is 12.1. The maximum absolute atomic E-state index is 12.1. The summed E-state index contributed by atoms with van der Waals surface area (Å²) in [5.41, 5.74) is 0.628. The van der Waals surface area contributed by atoms with Gasteiger partial charge < -0.3 is 10.2 Å². The van der Waals surface area contributed by atoms with E-state index >= 15 is 0 Å². The number of fused-ring (bicyclic) bond motifs is 3. The summed E-state index contributed by atoms with van der Waals surface area (Å²) >= 11 is 0. The Bertz CT molecular complexity index is 598. The molecule has 4 aliphatic rings. The van der Waals surface area contributed by atoms with Gasteiger partial charge in [0.15, 0.2) is 0 Å². The van der Waals surface area contributed by atoms with E-state index in [0.717, 1.165) is 44.9 Å². The lowest BCUT2D eigenvalue weighted by Gasteiger charge is -2.65. The molecule has 0 saturated heterocycles. The quantitative estimate of drug-likeness (QED) is 0.706. The molecule has 0 amide bonds. The first-order chi connectivity index (χ1) is 11.2. The summed E-state index contributed by atoms with van der Waals surface area (Å²) in [6.07, 6.45) is 6.55. The second-order valence-corrected chi connectivity index (χ2v) is 9.98. The van der Waals surface area contributed by atoms with Crippen molar-refractivity contribution in [2.45, 2.75) is 71.8 Å². The Morgan fingerprint density at radius 1 is 1.25 bits per heavy atom. The van der Waals surface area contributed by atoms with Gasteiger partial charge in [0.2, 0.25) is 0 Å². The molecule has 2 bridgehead atoms. The lowest BCUT2D eigenvalue weighted by Crippen LogP contribution is -2.63. The minimum atomic E-state index is -0.618. The van der Waals surface area contributed by atoms with E-state index in [1.807, 2.05) is 6.92 Å². The average Bonchev–Trinajstić information content (AvgIpc) is 2.64. The topological polar surface area (TPSA) is 57.5 Å². The first-order valence-corrected chi connectivity index (χ1v) is 9.76. The minimum Gasteiger partial charge on any atom is -0.481 e. The van der Waals surface area contributed by atoms with Crippen LogP contribution in [0.4, 0.5) is 0 Å². The third kappa shape index (κ3) is 1.75. The zero-order chi connectivity index (χ0) is 17.5. The Kier molecular flexibility index (Phi) is 3.37. The molecule has 24 heavy (non-hydrogen) atoms. The van der Waals surface area contributed by atoms with Gasteiger partial charge in [-0.3, -0.25) is 4.79 Å². The second kappa shape index (κ2) is 4.87. The molecule has 4 saturated carbocycles. The monoisotopic (exact) mass is 332 g/mol. The van der Waals surface area contributed by atoms with Crippen LogP contribution in [0.5, 0.6) is 0 Å². The highest BCUT2D eigenvalue weighted by molar-refractivity contribution is 5.75. The van der Waals surface area contributed by atoms with Crippen LogP contribution in [0.15, 0.2) is 12.2 Å². The molecule has 0 aromatic rings. The van der Waals surface area contributed by atoms with Crippen molar-refractivity contribution in [2.75, 3.05) is 0 Å². The number of hydrogen-bond donors (Lipinski definition) is 2. The van der Waals surface area contributed by atoms with E-state index < -0.39 is 11.4 Å². The van der Waals surface area contributed by atoms with Crippen molar-refractivity contribution in [2.24, 2.45) is 39.9 Å². The molecule has 0 aliphatic heterocycles. The summed E-state index contributed by atoms with van der Waals surface area (Å²) in [5, 5.41) is 21.1. The van der Waals surface area contributed by atoms with Crippen molar-refractivity contribution in [1.82, 2.24) is 0 Å². The Balaban J connectivity index is 1.82. The molecule has 0 aromatic heterocycles. The van der Waals surface area contributed by atoms with Crippen molar-refractivity contribution in [3.63, 3.8) is 0 Å². The molecular weight excluding hydrogens is 300 g/mol. The van der Waals surface area contributed by atoms with Gasteiger partial charge in [0, 0.05) is 11.3 Å². The third-order valence-electron chi connectivity index (χ3n) is 8.94. The molecule has 4 fully saturated rings. The van der Waals surface area contributed by atoms with Crippen molar-refractivity contribution >= 4 is 5.97 Å². The summed E-state index contributed by atoms with van der Waals surface area (Å²) in [6, 6.07) is 0. The number of carbonyl (C=O) groups is 1. The number of aliphatic hydroxyl groups is 1. The van der Waals surface area contributed by atoms with Crippen LogP contribution in [0.3, 0.4) is 0 Å². The Labute approximate surface area is 145 Å². The van der Waals surface area contributed by atoms with Gasteiger partial charge >= 0.3 is 5.97 Å². The van der Waals surface area contributed by atoms with Crippen LogP contribution in [0, 0.1) is 39.9 Å². The van der Waals surface area contributed by atoms with Crippen LogP contribution in [0.25, 0.3) is 0 Å². The number of aliphatic hydroxyl groups excluding tert-OH is 1. The van der Waals surface area contributed by atoms with E-state index in [0.29, 0.717) is 11.8 Å². The van der Waals surface area contributed by atoms with Crippen molar-refractivity contribution in [1.29, 1.82) is 0 Å². The molecule has 1 spiro atoms. The molecular formula is C21H32O3. The highest BCUT2D eigenvalue weighted by Crippen LogP contribution is 2.73. The molecule has 0 aromatic carbocycles. The predicted molar refractivity (Wildman–Crippen MR) is 93.4 cm³/mol. The number of carboxylic acids is 1. The van der Waals surface area contributed by atoms with Gasteiger partial charge in [-0.15, -0.1) is 0 Å². The summed E-state index contributed by atoms with van der Waals surface area (Å²) < 4.78 is 0. The largest absolute Gasteiger partial charge is 0.481 e. The lowest BCUT2D eigenvalue weighted by atomic mass is 9.39. The fourth-order valence-corrected chi connectivity index (χ4v) is 8.28. The van der Waals surface area contributed by atoms with E-state index in [9.17, 15) is 15.0 Å². The van der Waals surface area contributed by atoms with Crippen LogP contribution >= 0.6 is 0 Å². The molecule has 134 valence electrons. The third-order valence-corrected chi connectivity index (χ3v) is 8.94. The van der Waals surface area contributed by atoms with Gasteiger partial charge in [0.25, 0.3) is 0 Å². The van der Waals surface area contributed by atoms with Crippen LogP contribution in [-0.4, -0.2) is 22.3 Å². The number of hydrogen-bond acceptors (Lipinski definition) is 2. The summed E-state index contributed by atoms with van der Waals surface area (Å²) in [4.78, 5) is 12.1. The molecule has 0 heterocycles. The van der Waals surface area contributed by atoms with E-state index in [1.54, 1.807) is 0 Å². The first-order valence-electron chi connectivity index (χ1n) is 9.76. The number of aliphatic carboxylic acids is 1. The molecule has 2 N–H and O–H groups in total. The predicted octanol–water partition coefficient (Wildman–Crippen LogP) is 4.26. The fraction of sp³-hybridized carbons (Fsp3) is 0.857. The van der Waals surface area contributed by atoms with Gasteiger partial charge in [-0.1, -0.05) is 32.4 Å². The Hall–Kier alpha value is -0.830. The molecule has 8 atom stereocenters. The van der Waals surface area contributed by atoms with Crippen molar-refractivity contribution < 1.29 is 15.0 Å². The van der Waals surface area contributed by atoms with E-state index in [1.165, 1.54) is 5.57 Å². The van der Waals surface area contributed by atoms with Gasteiger partial charge in [-0.25, -0.2) is 0 Å². The highest BCUT2D eigenvalue weighted by atomic mass is 16.4. The second-order valence-electron chi connectivity index (χ2n) is 9.98. The van der Waals surface area contributed by atoms with Crippen molar-refractivity contribution in [3.8, 4) is 0 Å². The van der Waals surface area contributed by atoms with Gasteiger partial charge in [-0.05, 0) is 68.6 Å². The van der Waals surface area contributed by atoms with Crippen molar-refractivity contribution in [3.05, 3.63) is 12.2 Å². The highest BCUT2D eigenvalue weighted by Gasteiger charge is 2.69. The smallest absolute Gasteiger partial charge is 0.309 e. The standard InChI is InChI=1S/C21H32O3/c1-12-10-14-13(2)11-21(17(14)22)9-6-15-19(3,16(12)21)7-5-8-20(15,4)18(23)24/h12,14-17,22H,2,5-11H2,1,3-4H3,(H,23,24). The van der Waals surface area contributed by atoms with E-state index in [-0.39, 0.29) is 28.8 Å². The number of carboxylic acid groups (broad SMARTS) is 1. The summed E-state index contributed by atoms with van der Waals surface area (Å²) in [5.74, 6) is 0.847. The SMILES string of the molecule is C=C1CC23CCC4C(C)(C(=O)O)CCCC4(C)C2C(C)CC1C3O. The van der Waals surface area contributed by atoms with E-state index in [2.05, 4.69) is 20.4 Å². The lowest BCUT2D eigenvalue weighted by molar-refractivity contribution is -0.210. The van der Waals surface area contributed by atoms with Crippen LogP contribution in [-0.2, 0) is 4.79 Å². The fourth-order valence-electron chi connectivity index (χ4n) is 8.28. The summed E-state index contributed by atoms with van der Waals surface area (Å²) in [6.45, 7) is 11.0. The molecule has 3 heteroatoms. The zero-order valence-corrected chi connectivity index (χ0v) is 15.3. The van der Waals surface area contributed by atoms with Crippen LogP contribution in [0.2, 0.25) is 0 Å². The van der Waals surface area contributed by atoms with Crippen LogP contribution in [0.1, 0.15) is 65.7 Å². The molecule has 3 nitrogen and oxygen atoms in total.